The molecule has 0 aromatic heterocycles. The number of alkyl carbamates (subject to hydrolysis) is 1. The normalized spacial score (nSPS) is 12.6. The number of likely N-dealkylation sites (N-methyl/N-ethyl adjacent to an activating group) is 1. The molecule has 1 atom stereocenters. The van der Waals surface area contributed by atoms with E-state index in [9.17, 15) is 4.79 Å². The molecule has 1 amide bonds. The summed E-state index contributed by atoms with van der Waals surface area (Å²) in [6.45, 7) is 6.05. The Hall–Kier alpha value is -2.06. The zero-order valence-electron chi connectivity index (χ0n) is 14.0. The van der Waals surface area contributed by atoms with Crippen LogP contribution in [0.25, 0.3) is 0 Å². The Kier molecular flexibility index (Phi) is 6.39. The van der Waals surface area contributed by atoms with Gasteiger partial charge in [-0.25, -0.2) is 4.79 Å². The number of carbonyl (C=O) groups excluding carboxylic acids is 1. The van der Waals surface area contributed by atoms with Crippen LogP contribution in [0.3, 0.4) is 0 Å². The molecule has 1 N–H and O–H groups in total. The maximum absolute atomic E-state index is 11.7. The van der Waals surface area contributed by atoms with Crippen LogP contribution in [-0.2, 0) is 11.2 Å². The fourth-order valence-electron chi connectivity index (χ4n) is 1.89. The lowest BCUT2D eigenvalue weighted by molar-refractivity contribution is 0.104. The van der Waals surface area contributed by atoms with Crippen LogP contribution in [0.15, 0.2) is 24.3 Å². The fraction of sp³-hybridized carbons (Fsp3) is 0.529. The van der Waals surface area contributed by atoms with Crippen LogP contribution in [0, 0.1) is 11.3 Å². The van der Waals surface area contributed by atoms with Crippen molar-refractivity contribution in [2.24, 2.45) is 0 Å². The average Bonchev–Trinajstić information content (AvgIpc) is 2.41. The standard InChI is InChI=1S/C17H25N3O2/c1-17(2,3)19-16(21)22-12-15(20(4)5)10-13-6-8-14(11-18)9-7-13/h6-9,15H,10,12H2,1-5H3,(H,19,21)/t15-/m0/s1. The average molecular weight is 303 g/mol. The summed E-state index contributed by atoms with van der Waals surface area (Å²) in [6.07, 6.45) is 0.348. The summed E-state index contributed by atoms with van der Waals surface area (Å²) in [5, 5.41) is 11.6. The van der Waals surface area contributed by atoms with Gasteiger partial charge in [-0.05, 0) is 59.0 Å². The Bertz CT molecular complexity index is 524. The van der Waals surface area contributed by atoms with Crippen molar-refractivity contribution in [2.75, 3.05) is 20.7 Å². The summed E-state index contributed by atoms with van der Waals surface area (Å²) in [4.78, 5) is 13.8. The Morgan fingerprint density at radius 3 is 2.36 bits per heavy atom. The molecule has 0 unspecified atom stereocenters. The molecular formula is C17H25N3O2. The van der Waals surface area contributed by atoms with E-state index in [1.165, 1.54) is 0 Å². The molecule has 0 aliphatic carbocycles. The minimum Gasteiger partial charge on any atom is -0.448 e. The number of ether oxygens (including phenoxy) is 1. The van der Waals surface area contributed by atoms with Crippen LogP contribution >= 0.6 is 0 Å². The molecule has 5 nitrogen and oxygen atoms in total. The third-order valence-electron chi connectivity index (χ3n) is 3.17. The second-order valence-corrected chi connectivity index (χ2v) is 6.60. The van der Waals surface area contributed by atoms with Crippen molar-refractivity contribution in [1.29, 1.82) is 5.26 Å². The van der Waals surface area contributed by atoms with E-state index in [-0.39, 0.29) is 11.6 Å². The Morgan fingerprint density at radius 1 is 1.32 bits per heavy atom. The van der Waals surface area contributed by atoms with Gasteiger partial charge in [0.25, 0.3) is 0 Å². The molecule has 0 aliphatic rings. The van der Waals surface area contributed by atoms with Crippen molar-refractivity contribution in [1.82, 2.24) is 10.2 Å². The third-order valence-corrected chi connectivity index (χ3v) is 3.17. The van der Waals surface area contributed by atoms with E-state index in [2.05, 4.69) is 11.4 Å². The minimum atomic E-state index is -0.404. The van der Waals surface area contributed by atoms with E-state index in [4.69, 9.17) is 10.00 Å². The van der Waals surface area contributed by atoms with Crippen LogP contribution < -0.4 is 5.32 Å². The van der Waals surface area contributed by atoms with E-state index < -0.39 is 6.09 Å². The van der Waals surface area contributed by atoms with Crippen molar-refractivity contribution in [3.05, 3.63) is 35.4 Å². The molecule has 0 heterocycles. The largest absolute Gasteiger partial charge is 0.448 e. The quantitative estimate of drug-likeness (QED) is 0.908. The maximum atomic E-state index is 11.7. The van der Waals surface area contributed by atoms with E-state index >= 15 is 0 Å². The predicted molar refractivity (Wildman–Crippen MR) is 86.6 cm³/mol. The van der Waals surface area contributed by atoms with Crippen molar-refractivity contribution in [3.8, 4) is 6.07 Å². The first-order chi connectivity index (χ1) is 10.2. The summed E-state index contributed by atoms with van der Waals surface area (Å²) < 4.78 is 5.31. The maximum Gasteiger partial charge on any atom is 0.407 e. The molecule has 0 aliphatic heterocycles. The van der Waals surface area contributed by atoms with Gasteiger partial charge in [-0.15, -0.1) is 0 Å². The van der Waals surface area contributed by atoms with Crippen LogP contribution in [0.1, 0.15) is 31.9 Å². The van der Waals surface area contributed by atoms with E-state index in [0.29, 0.717) is 12.2 Å². The third kappa shape index (κ3) is 6.59. The van der Waals surface area contributed by atoms with Crippen molar-refractivity contribution in [3.63, 3.8) is 0 Å². The van der Waals surface area contributed by atoms with E-state index in [1.54, 1.807) is 12.1 Å². The number of hydrogen-bond acceptors (Lipinski definition) is 4. The molecule has 0 fully saturated rings. The first-order valence-electron chi connectivity index (χ1n) is 7.31. The number of benzene rings is 1. The number of hydrogen-bond donors (Lipinski definition) is 1. The fourth-order valence-corrected chi connectivity index (χ4v) is 1.89. The lowest BCUT2D eigenvalue weighted by Gasteiger charge is -2.26. The number of nitriles is 1. The van der Waals surface area contributed by atoms with Crippen LogP contribution in [0.2, 0.25) is 0 Å². The summed E-state index contributed by atoms with van der Waals surface area (Å²) in [5.74, 6) is 0. The van der Waals surface area contributed by atoms with Crippen LogP contribution in [0.5, 0.6) is 0 Å². The number of rotatable bonds is 5. The first kappa shape index (κ1) is 18.0. The summed E-state index contributed by atoms with van der Waals surface area (Å²) in [5.41, 5.74) is 1.45. The number of nitrogens with one attached hydrogen (secondary N) is 1. The molecule has 0 spiro atoms. The molecule has 1 rings (SSSR count). The van der Waals surface area contributed by atoms with Gasteiger partial charge in [0.05, 0.1) is 11.6 Å². The molecule has 0 saturated heterocycles. The first-order valence-corrected chi connectivity index (χ1v) is 7.31. The lowest BCUT2D eigenvalue weighted by atomic mass is 10.0. The van der Waals surface area contributed by atoms with Gasteiger partial charge < -0.3 is 15.0 Å². The SMILES string of the molecule is CN(C)[C@H](COC(=O)NC(C)(C)C)Cc1ccc(C#N)cc1. The molecule has 0 bridgehead atoms. The van der Waals surface area contributed by atoms with Gasteiger partial charge in [-0.2, -0.15) is 5.26 Å². The second-order valence-electron chi connectivity index (χ2n) is 6.60. The predicted octanol–water partition coefficient (Wildman–Crippen LogP) is 2.56. The van der Waals surface area contributed by atoms with Crippen LogP contribution in [-0.4, -0.2) is 43.3 Å². The minimum absolute atomic E-state index is 0.0821. The zero-order chi connectivity index (χ0) is 16.8. The molecule has 1 aromatic carbocycles. The number of nitrogens with zero attached hydrogens (tertiary/aromatic N) is 2. The highest BCUT2D eigenvalue weighted by atomic mass is 16.5. The van der Waals surface area contributed by atoms with Gasteiger partial charge in [0.1, 0.15) is 6.61 Å². The molecule has 0 saturated carbocycles. The molecular weight excluding hydrogens is 278 g/mol. The van der Waals surface area contributed by atoms with Gasteiger partial charge >= 0.3 is 6.09 Å². The second kappa shape index (κ2) is 7.81. The van der Waals surface area contributed by atoms with Crippen molar-refractivity contribution < 1.29 is 9.53 Å². The smallest absolute Gasteiger partial charge is 0.407 e. The summed E-state index contributed by atoms with van der Waals surface area (Å²) in [6, 6.07) is 9.66. The van der Waals surface area contributed by atoms with Gasteiger partial charge in [-0.3, -0.25) is 0 Å². The van der Waals surface area contributed by atoms with Gasteiger partial charge in [0.2, 0.25) is 0 Å². The summed E-state index contributed by atoms with van der Waals surface area (Å²) >= 11 is 0. The van der Waals surface area contributed by atoms with Crippen LogP contribution in [0.4, 0.5) is 4.79 Å². The monoisotopic (exact) mass is 303 g/mol. The van der Waals surface area contributed by atoms with E-state index in [1.807, 2.05) is 51.9 Å². The Morgan fingerprint density at radius 2 is 1.91 bits per heavy atom. The van der Waals surface area contributed by atoms with Gasteiger partial charge in [0, 0.05) is 11.6 Å². The molecule has 22 heavy (non-hydrogen) atoms. The highest BCUT2D eigenvalue weighted by molar-refractivity contribution is 5.68. The highest BCUT2D eigenvalue weighted by Crippen LogP contribution is 2.10. The van der Waals surface area contributed by atoms with Gasteiger partial charge in [0.15, 0.2) is 0 Å². The topological polar surface area (TPSA) is 65.4 Å². The number of carbonyl (C=O) groups is 1. The zero-order valence-corrected chi connectivity index (χ0v) is 14.0. The highest BCUT2D eigenvalue weighted by Gasteiger charge is 2.18. The molecule has 5 heteroatoms. The lowest BCUT2D eigenvalue weighted by Crippen LogP contribution is -2.43. The van der Waals surface area contributed by atoms with Crippen molar-refractivity contribution >= 4 is 6.09 Å². The number of amides is 1. The Balaban J connectivity index is 2.58. The summed E-state index contributed by atoms with van der Waals surface area (Å²) in [7, 11) is 3.92. The molecule has 1 aromatic rings. The van der Waals surface area contributed by atoms with Crippen molar-refractivity contribution in [2.45, 2.75) is 38.8 Å². The molecule has 120 valence electrons. The van der Waals surface area contributed by atoms with E-state index in [0.717, 1.165) is 12.0 Å². The molecule has 0 radical (unpaired) electrons. The Labute approximate surface area is 132 Å². The van der Waals surface area contributed by atoms with Gasteiger partial charge in [-0.1, -0.05) is 12.1 Å².